The topological polar surface area (TPSA) is 62.5 Å². The summed E-state index contributed by atoms with van der Waals surface area (Å²) in [6.07, 6.45) is 3.42. The normalized spacial score (nSPS) is 17.1. The van der Waals surface area contributed by atoms with Gasteiger partial charge in [-0.15, -0.1) is 0 Å². The van der Waals surface area contributed by atoms with Crippen molar-refractivity contribution in [2.75, 3.05) is 32.4 Å². The zero-order valence-electron chi connectivity index (χ0n) is 12.0. The molecule has 110 valence electrons. The molecule has 0 bridgehead atoms. The van der Waals surface area contributed by atoms with Gasteiger partial charge in [0.15, 0.2) is 0 Å². The smallest absolute Gasteiger partial charge is 0.256 e. The van der Waals surface area contributed by atoms with Gasteiger partial charge in [-0.3, -0.25) is 4.79 Å². The van der Waals surface area contributed by atoms with Crippen molar-refractivity contribution in [3.8, 4) is 0 Å². The Hall–Kier alpha value is -1.33. The van der Waals surface area contributed by atoms with Crippen molar-refractivity contribution in [3.05, 3.63) is 23.0 Å². The van der Waals surface area contributed by atoms with E-state index in [-0.39, 0.29) is 17.1 Å². The van der Waals surface area contributed by atoms with Gasteiger partial charge >= 0.3 is 0 Å². The van der Waals surface area contributed by atoms with Gasteiger partial charge in [-0.2, -0.15) is 0 Å². The van der Waals surface area contributed by atoms with Crippen molar-refractivity contribution < 1.29 is 4.79 Å². The number of carbonyl (C=O) groups excluding carboxylic acids is 1. The number of pyridine rings is 1. The molecule has 20 heavy (non-hydrogen) atoms. The Morgan fingerprint density at radius 3 is 2.80 bits per heavy atom. The third-order valence-electron chi connectivity index (χ3n) is 4.00. The molecule has 1 saturated heterocycles. The van der Waals surface area contributed by atoms with E-state index in [1.165, 1.54) is 12.3 Å². The second-order valence-corrected chi connectivity index (χ2v) is 5.56. The summed E-state index contributed by atoms with van der Waals surface area (Å²) in [5.74, 6) is -0.0817. The number of nitrogen functional groups attached to an aromatic ring is 1. The number of aromatic nitrogens is 1. The van der Waals surface area contributed by atoms with E-state index >= 15 is 0 Å². The Kier molecular flexibility index (Phi) is 4.83. The van der Waals surface area contributed by atoms with Crippen molar-refractivity contribution in [1.82, 2.24) is 14.8 Å². The summed E-state index contributed by atoms with van der Waals surface area (Å²) in [6.45, 7) is 5.29. The second kappa shape index (κ2) is 6.41. The largest absolute Gasteiger partial charge is 0.397 e. The first-order chi connectivity index (χ1) is 9.52. The van der Waals surface area contributed by atoms with Crippen LogP contribution in [0.4, 0.5) is 5.69 Å². The lowest BCUT2D eigenvalue weighted by Gasteiger charge is -2.36. The monoisotopic (exact) mass is 296 g/mol. The summed E-state index contributed by atoms with van der Waals surface area (Å²) in [6, 6.07) is 1.80. The highest BCUT2D eigenvalue weighted by molar-refractivity contribution is 6.29. The minimum absolute atomic E-state index is 0.0817. The number of hydrogen-bond donors (Lipinski definition) is 1. The lowest BCUT2D eigenvalue weighted by atomic mass is 10.0. The number of likely N-dealkylation sites (tertiary alicyclic amines) is 1. The number of piperidine rings is 1. The molecular weight excluding hydrogens is 276 g/mol. The summed E-state index contributed by atoms with van der Waals surface area (Å²) in [7, 11) is 1.84. The molecule has 1 aliphatic rings. The highest BCUT2D eigenvalue weighted by atomic mass is 35.5. The summed E-state index contributed by atoms with van der Waals surface area (Å²) in [5, 5.41) is 0.289. The van der Waals surface area contributed by atoms with Gasteiger partial charge in [0.2, 0.25) is 0 Å². The Bertz CT molecular complexity index is 486. The lowest BCUT2D eigenvalue weighted by Crippen LogP contribution is -2.45. The molecule has 0 aliphatic carbocycles. The number of halogens is 1. The van der Waals surface area contributed by atoms with Crippen LogP contribution in [0.5, 0.6) is 0 Å². The van der Waals surface area contributed by atoms with Crippen LogP contribution in [0.3, 0.4) is 0 Å². The Labute approximate surface area is 124 Å². The first kappa shape index (κ1) is 15.1. The van der Waals surface area contributed by atoms with Gasteiger partial charge in [-0.05, 0) is 25.5 Å². The molecule has 0 unspecified atom stereocenters. The van der Waals surface area contributed by atoms with Crippen LogP contribution in [0, 0.1) is 0 Å². The third-order valence-corrected chi connectivity index (χ3v) is 4.21. The quantitative estimate of drug-likeness (QED) is 0.865. The van der Waals surface area contributed by atoms with E-state index in [0.717, 1.165) is 32.5 Å². The number of nitrogens with two attached hydrogens (primary N) is 1. The molecular formula is C14H21ClN4O. The fourth-order valence-electron chi connectivity index (χ4n) is 2.60. The highest BCUT2D eigenvalue weighted by Crippen LogP contribution is 2.21. The molecule has 5 nitrogen and oxygen atoms in total. The van der Waals surface area contributed by atoms with Crippen LogP contribution in [0.2, 0.25) is 5.15 Å². The van der Waals surface area contributed by atoms with Crippen molar-refractivity contribution in [1.29, 1.82) is 0 Å². The van der Waals surface area contributed by atoms with Gasteiger partial charge in [0.05, 0.1) is 17.4 Å². The fourth-order valence-corrected chi connectivity index (χ4v) is 2.76. The van der Waals surface area contributed by atoms with E-state index < -0.39 is 0 Å². The minimum atomic E-state index is -0.0817. The van der Waals surface area contributed by atoms with E-state index in [1.54, 1.807) is 4.90 Å². The van der Waals surface area contributed by atoms with Crippen LogP contribution >= 0.6 is 11.6 Å². The average Bonchev–Trinajstić information content (AvgIpc) is 2.48. The predicted molar refractivity (Wildman–Crippen MR) is 80.9 cm³/mol. The molecule has 1 aliphatic heterocycles. The van der Waals surface area contributed by atoms with Crippen LogP contribution in [0.25, 0.3) is 0 Å². The molecule has 2 heterocycles. The standard InChI is InChI=1S/C14H21ClN4O/c1-3-19-6-4-10(5-7-19)18(2)14(20)11-8-13(15)17-9-12(11)16/h8-10H,3-7,16H2,1-2H3. The summed E-state index contributed by atoms with van der Waals surface area (Å²) in [5.41, 5.74) is 6.63. The molecule has 0 saturated carbocycles. The number of hydrogen-bond acceptors (Lipinski definition) is 4. The Morgan fingerprint density at radius 2 is 2.20 bits per heavy atom. The zero-order valence-corrected chi connectivity index (χ0v) is 12.7. The maximum absolute atomic E-state index is 12.5. The first-order valence-corrected chi connectivity index (χ1v) is 7.31. The van der Waals surface area contributed by atoms with Crippen LogP contribution in [0.1, 0.15) is 30.1 Å². The van der Waals surface area contributed by atoms with Crippen LogP contribution in [-0.4, -0.2) is 53.4 Å². The predicted octanol–water partition coefficient (Wildman–Crippen LogP) is 1.87. The minimum Gasteiger partial charge on any atom is -0.397 e. The van der Waals surface area contributed by atoms with Crippen molar-refractivity contribution in [3.63, 3.8) is 0 Å². The Balaban J connectivity index is 2.07. The summed E-state index contributed by atoms with van der Waals surface area (Å²) < 4.78 is 0. The molecule has 0 aromatic carbocycles. The fraction of sp³-hybridized carbons (Fsp3) is 0.571. The molecule has 0 atom stereocenters. The number of carbonyl (C=O) groups is 1. The molecule has 0 spiro atoms. The number of amides is 1. The summed E-state index contributed by atoms with van der Waals surface area (Å²) in [4.78, 5) is 20.6. The van der Waals surface area contributed by atoms with E-state index in [1.807, 2.05) is 7.05 Å². The van der Waals surface area contributed by atoms with Gasteiger partial charge in [-0.1, -0.05) is 18.5 Å². The Morgan fingerprint density at radius 1 is 1.55 bits per heavy atom. The van der Waals surface area contributed by atoms with E-state index in [4.69, 9.17) is 17.3 Å². The average molecular weight is 297 g/mol. The van der Waals surface area contributed by atoms with Crippen LogP contribution < -0.4 is 5.73 Å². The van der Waals surface area contributed by atoms with Crippen molar-refractivity contribution in [2.45, 2.75) is 25.8 Å². The van der Waals surface area contributed by atoms with Crippen LogP contribution in [-0.2, 0) is 0 Å². The first-order valence-electron chi connectivity index (χ1n) is 6.93. The van der Waals surface area contributed by atoms with Gasteiger partial charge in [0.25, 0.3) is 5.91 Å². The zero-order chi connectivity index (χ0) is 14.7. The van der Waals surface area contributed by atoms with Crippen molar-refractivity contribution in [2.24, 2.45) is 0 Å². The number of anilines is 1. The van der Waals surface area contributed by atoms with Gasteiger partial charge in [-0.25, -0.2) is 4.98 Å². The third kappa shape index (κ3) is 3.22. The molecule has 1 amide bonds. The van der Waals surface area contributed by atoms with E-state index in [9.17, 15) is 4.79 Å². The van der Waals surface area contributed by atoms with Gasteiger partial charge in [0, 0.05) is 26.2 Å². The van der Waals surface area contributed by atoms with Crippen LogP contribution in [0.15, 0.2) is 12.3 Å². The van der Waals surface area contributed by atoms with E-state index in [0.29, 0.717) is 11.3 Å². The maximum atomic E-state index is 12.5. The second-order valence-electron chi connectivity index (χ2n) is 5.18. The molecule has 2 N–H and O–H groups in total. The lowest BCUT2D eigenvalue weighted by molar-refractivity contribution is 0.0648. The molecule has 2 rings (SSSR count). The molecule has 6 heteroatoms. The van der Waals surface area contributed by atoms with Gasteiger partial charge < -0.3 is 15.5 Å². The molecule has 1 aromatic heterocycles. The SMILES string of the molecule is CCN1CCC(N(C)C(=O)c2cc(Cl)ncc2N)CC1. The molecule has 0 radical (unpaired) electrons. The number of rotatable bonds is 3. The molecule has 1 fully saturated rings. The summed E-state index contributed by atoms with van der Waals surface area (Å²) >= 11 is 5.85. The molecule has 1 aromatic rings. The maximum Gasteiger partial charge on any atom is 0.256 e. The van der Waals surface area contributed by atoms with E-state index in [2.05, 4.69) is 16.8 Å². The van der Waals surface area contributed by atoms with Gasteiger partial charge in [0.1, 0.15) is 5.15 Å². The van der Waals surface area contributed by atoms with Crippen molar-refractivity contribution >= 4 is 23.2 Å². The highest BCUT2D eigenvalue weighted by Gasteiger charge is 2.26. The number of nitrogens with zero attached hydrogens (tertiary/aromatic N) is 3.